The van der Waals surface area contributed by atoms with Gasteiger partial charge in [-0.3, -0.25) is 9.99 Å². The molecule has 2 heterocycles. The van der Waals surface area contributed by atoms with Gasteiger partial charge >= 0.3 is 0 Å². The van der Waals surface area contributed by atoms with Crippen molar-refractivity contribution in [2.75, 3.05) is 11.6 Å². The lowest BCUT2D eigenvalue weighted by Gasteiger charge is -2.15. The lowest BCUT2D eigenvalue weighted by Crippen LogP contribution is -2.12. The number of nitrogens with two attached hydrogens (primary N) is 1. The number of hydrogen-bond acceptors (Lipinski definition) is 4. The molecule has 1 aliphatic heterocycles. The highest BCUT2D eigenvalue weighted by molar-refractivity contribution is 5.93. The van der Waals surface area contributed by atoms with Crippen molar-refractivity contribution in [1.82, 2.24) is 4.98 Å². The SMILES string of the molecule is NC1=NN(c2ccnc3ccccc23)CC1. The third kappa shape index (κ3) is 1.39. The summed E-state index contributed by atoms with van der Waals surface area (Å²) in [5.74, 6) is 0.695. The number of amidine groups is 1. The van der Waals surface area contributed by atoms with E-state index in [9.17, 15) is 0 Å². The normalized spacial score (nSPS) is 15.5. The van der Waals surface area contributed by atoms with Crippen molar-refractivity contribution in [2.45, 2.75) is 6.42 Å². The Labute approximate surface area is 93.4 Å². The van der Waals surface area contributed by atoms with Gasteiger partial charge in [0, 0.05) is 24.5 Å². The summed E-state index contributed by atoms with van der Waals surface area (Å²) in [7, 11) is 0. The summed E-state index contributed by atoms with van der Waals surface area (Å²) in [5, 5.41) is 7.37. The maximum absolute atomic E-state index is 5.70. The minimum atomic E-state index is 0.695. The smallest absolute Gasteiger partial charge is 0.122 e. The summed E-state index contributed by atoms with van der Waals surface area (Å²) >= 11 is 0. The number of para-hydroxylation sites is 1. The van der Waals surface area contributed by atoms with E-state index in [0.717, 1.165) is 29.6 Å². The third-order valence-corrected chi connectivity index (χ3v) is 2.73. The molecule has 0 unspecified atom stereocenters. The van der Waals surface area contributed by atoms with Gasteiger partial charge < -0.3 is 5.73 Å². The number of hydrogen-bond donors (Lipinski definition) is 1. The van der Waals surface area contributed by atoms with E-state index >= 15 is 0 Å². The highest BCUT2D eigenvalue weighted by atomic mass is 15.5. The molecule has 2 aromatic rings. The highest BCUT2D eigenvalue weighted by Crippen LogP contribution is 2.26. The number of anilines is 1. The Morgan fingerprint density at radius 1 is 1.19 bits per heavy atom. The molecule has 1 aliphatic rings. The minimum Gasteiger partial charge on any atom is -0.386 e. The Balaban J connectivity index is 2.17. The van der Waals surface area contributed by atoms with Crippen LogP contribution in [-0.2, 0) is 0 Å². The maximum Gasteiger partial charge on any atom is 0.122 e. The second-order valence-electron chi connectivity index (χ2n) is 3.81. The number of aromatic nitrogens is 1. The van der Waals surface area contributed by atoms with E-state index in [4.69, 9.17) is 5.73 Å². The van der Waals surface area contributed by atoms with Gasteiger partial charge in [-0.15, -0.1) is 0 Å². The van der Waals surface area contributed by atoms with Crippen molar-refractivity contribution >= 4 is 22.4 Å². The van der Waals surface area contributed by atoms with Crippen LogP contribution in [0.25, 0.3) is 10.9 Å². The van der Waals surface area contributed by atoms with E-state index < -0.39 is 0 Å². The second kappa shape index (κ2) is 3.48. The van der Waals surface area contributed by atoms with Crippen LogP contribution in [0.5, 0.6) is 0 Å². The van der Waals surface area contributed by atoms with Gasteiger partial charge in [-0.05, 0) is 12.1 Å². The lowest BCUT2D eigenvalue weighted by atomic mass is 10.2. The van der Waals surface area contributed by atoms with E-state index in [1.807, 2.05) is 35.5 Å². The molecule has 1 aromatic carbocycles. The number of benzene rings is 1. The van der Waals surface area contributed by atoms with Crippen LogP contribution in [-0.4, -0.2) is 17.4 Å². The van der Waals surface area contributed by atoms with Gasteiger partial charge in [0.05, 0.1) is 11.2 Å². The summed E-state index contributed by atoms with van der Waals surface area (Å²) in [6, 6.07) is 10.0. The van der Waals surface area contributed by atoms with Crippen molar-refractivity contribution in [3.8, 4) is 0 Å². The third-order valence-electron chi connectivity index (χ3n) is 2.73. The zero-order valence-corrected chi connectivity index (χ0v) is 8.80. The van der Waals surface area contributed by atoms with E-state index in [1.165, 1.54) is 0 Å². The number of fused-ring (bicyclic) bond motifs is 1. The van der Waals surface area contributed by atoms with E-state index in [2.05, 4.69) is 16.2 Å². The van der Waals surface area contributed by atoms with Crippen LogP contribution in [0.15, 0.2) is 41.6 Å². The Morgan fingerprint density at radius 3 is 2.88 bits per heavy atom. The van der Waals surface area contributed by atoms with E-state index in [1.54, 1.807) is 0 Å². The van der Waals surface area contributed by atoms with Crippen molar-refractivity contribution in [2.24, 2.45) is 10.8 Å². The van der Waals surface area contributed by atoms with Gasteiger partial charge in [0.2, 0.25) is 0 Å². The average molecular weight is 212 g/mol. The summed E-state index contributed by atoms with van der Waals surface area (Å²) < 4.78 is 0. The monoisotopic (exact) mass is 212 g/mol. The zero-order valence-electron chi connectivity index (χ0n) is 8.80. The molecule has 0 spiro atoms. The molecular formula is C12H12N4. The minimum absolute atomic E-state index is 0.695. The molecule has 80 valence electrons. The molecule has 0 saturated carbocycles. The van der Waals surface area contributed by atoms with Crippen molar-refractivity contribution < 1.29 is 0 Å². The molecular weight excluding hydrogens is 200 g/mol. The Morgan fingerprint density at radius 2 is 2.06 bits per heavy atom. The van der Waals surface area contributed by atoms with Gasteiger partial charge in [0.15, 0.2) is 0 Å². The molecule has 0 amide bonds. The van der Waals surface area contributed by atoms with Crippen LogP contribution in [0, 0.1) is 0 Å². The first-order chi connectivity index (χ1) is 7.84. The van der Waals surface area contributed by atoms with Crippen molar-refractivity contribution in [3.05, 3.63) is 36.5 Å². The maximum atomic E-state index is 5.70. The lowest BCUT2D eigenvalue weighted by molar-refractivity contribution is 0.926. The fraction of sp³-hybridized carbons (Fsp3) is 0.167. The summed E-state index contributed by atoms with van der Waals surface area (Å²) in [4.78, 5) is 4.33. The quantitative estimate of drug-likeness (QED) is 0.783. The molecule has 0 aliphatic carbocycles. The largest absolute Gasteiger partial charge is 0.386 e. The molecule has 0 saturated heterocycles. The van der Waals surface area contributed by atoms with Crippen LogP contribution in [0.4, 0.5) is 5.69 Å². The Hall–Kier alpha value is -2.10. The standard InChI is InChI=1S/C12H12N4/c13-12-6-8-16(15-12)11-5-7-14-10-4-2-1-3-9(10)11/h1-5,7H,6,8H2,(H2,13,15). The molecule has 4 heteroatoms. The first kappa shape index (κ1) is 9.15. The molecule has 1 aromatic heterocycles. The second-order valence-corrected chi connectivity index (χ2v) is 3.81. The predicted molar refractivity (Wildman–Crippen MR) is 65.3 cm³/mol. The molecule has 0 atom stereocenters. The van der Waals surface area contributed by atoms with E-state index in [-0.39, 0.29) is 0 Å². The molecule has 0 fully saturated rings. The summed E-state index contributed by atoms with van der Waals surface area (Å²) in [5.41, 5.74) is 7.76. The Bertz CT molecular complexity index is 556. The van der Waals surface area contributed by atoms with Crippen molar-refractivity contribution in [3.63, 3.8) is 0 Å². The van der Waals surface area contributed by atoms with Gasteiger partial charge in [-0.25, -0.2) is 0 Å². The summed E-state index contributed by atoms with van der Waals surface area (Å²) in [6.45, 7) is 0.847. The molecule has 2 N–H and O–H groups in total. The predicted octanol–water partition coefficient (Wildman–Crippen LogP) is 1.72. The van der Waals surface area contributed by atoms with Gasteiger partial charge in [0.25, 0.3) is 0 Å². The van der Waals surface area contributed by atoms with Crippen LogP contribution < -0.4 is 10.7 Å². The van der Waals surface area contributed by atoms with Crippen LogP contribution >= 0.6 is 0 Å². The van der Waals surface area contributed by atoms with Gasteiger partial charge in [-0.2, -0.15) is 5.10 Å². The number of hydrazone groups is 1. The van der Waals surface area contributed by atoms with Crippen molar-refractivity contribution in [1.29, 1.82) is 0 Å². The van der Waals surface area contributed by atoms with Crippen LogP contribution in [0.3, 0.4) is 0 Å². The molecule has 3 rings (SSSR count). The fourth-order valence-electron chi connectivity index (χ4n) is 1.96. The number of nitrogens with zero attached hydrogens (tertiary/aromatic N) is 3. The zero-order chi connectivity index (χ0) is 11.0. The first-order valence-corrected chi connectivity index (χ1v) is 5.29. The number of rotatable bonds is 1. The van der Waals surface area contributed by atoms with Gasteiger partial charge in [0.1, 0.15) is 5.84 Å². The van der Waals surface area contributed by atoms with E-state index in [0.29, 0.717) is 5.84 Å². The number of pyridine rings is 1. The first-order valence-electron chi connectivity index (χ1n) is 5.29. The average Bonchev–Trinajstić information content (AvgIpc) is 2.75. The molecule has 0 bridgehead atoms. The molecule has 4 nitrogen and oxygen atoms in total. The molecule has 0 radical (unpaired) electrons. The fourth-order valence-corrected chi connectivity index (χ4v) is 1.96. The van der Waals surface area contributed by atoms with Crippen LogP contribution in [0.1, 0.15) is 6.42 Å². The highest BCUT2D eigenvalue weighted by Gasteiger charge is 2.15. The summed E-state index contributed by atoms with van der Waals surface area (Å²) in [6.07, 6.45) is 2.64. The molecule has 16 heavy (non-hydrogen) atoms. The Kier molecular flexibility index (Phi) is 1.99. The van der Waals surface area contributed by atoms with Gasteiger partial charge in [-0.1, -0.05) is 18.2 Å². The topological polar surface area (TPSA) is 54.5 Å². The van der Waals surface area contributed by atoms with Crippen LogP contribution in [0.2, 0.25) is 0 Å².